The largest absolute Gasteiger partial charge is 0.478 e. The van der Waals surface area contributed by atoms with Gasteiger partial charge in [0.15, 0.2) is 0 Å². The van der Waals surface area contributed by atoms with Crippen LogP contribution >= 0.6 is 0 Å². The fraction of sp³-hybridized carbons (Fsp3) is 0. The van der Waals surface area contributed by atoms with Gasteiger partial charge in [-0.05, 0) is 64.4 Å². The first kappa shape index (κ1) is 17.1. The number of carboxylic acid groups (broad SMARTS) is 1. The molecule has 0 saturated heterocycles. The highest BCUT2D eigenvalue weighted by Crippen LogP contribution is 2.33. The summed E-state index contributed by atoms with van der Waals surface area (Å²) in [5.74, 6) is -0.0781. The summed E-state index contributed by atoms with van der Waals surface area (Å²) >= 11 is 0. The summed E-state index contributed by atoms with van der Waals surface area (Å²) in [5, 5.41) is 11.3. The molecule has 0 fully saturated rings. The maximum Gasteiger partial charge on any atom is 0.335 e. The number of fused-ring (bicyclic) bond motifs is 1. The van der Waals surface area contributed by atoms with Crippen LogP contribution in [0.1, 0.15) is 10.4 Å². The molecule has 0 radical (unpaired) electrons. The van der Waals surface area contributed by atoms with Crippen molar-refractivity contribution in [1.29, 1.82) is 0 Å². The van der Waals surface area contributed by atoms with Gasteiger partial charge in [0.1, 0.15) is 5.76 Å². The van der Waals surface area contributed by atoms with Gasteiger partial charge in [-0.2, -0.15) is 0 Å². The highest BCUT2D eigenvalue weighted by molar-refractivity contribution is 5.98. The van der Waals surface area contributed by atoms with Gasteiger partial charge in [-0.15, -0.1) is 0 Å². The number of furan rings is 1. The smallest absolute Gasteiger partial charge is 0.335 e. The topological polar surface area (TPSA) is 66.2 Å². The Labute approximate surface area is 167 Å². The number of carboxylic acids is 1. The maximum absolute atomic E-state index is 11.0. The Kier molecular flexibility index (Phi) is 4.03. The third-order valence-electron chi connectivity index (χ3n) is 5.11. The molecule has 2 aromatic heterocycles. The number of aromatic carboxylic acids is 1. The number of H-pyrrole nitrogens is 1. The first-order valence-electron chi connectivity index (χ1n) is 9.29. The van der Waals surface area contributed by atoms with Crippen molar-refractivity contribution in [2.75, 3.05) is 0 Å². The summed E-state index contributed by atoms with van der Waals surface area (Å²) in [6.45, 7) is 0. The van der Waals surface area contributed by atoms with E-state index in [0.717, 1.165) is 44.6 Å². The summed E-state index contributed by atoms with van der Waals surface area (Å²) in [4.78, 5) is 14.5. The van der Waals surface area contributed by atoms with Crippen LogP contribution in [0.2, 0.25) is 0 Å². The number of benzene rings is 3. The van der Waals surface area contributed by atoms with Gasteiger partial charge in [0.25, 0.3) is 0 Å². The summed E-state index contributed by atoms with van der Waals surface area (Å²) in [5.41, 5.74) is 5.30. The average molecular weight is 379 g/mol. The zero-order valence-electron chi connectivity index (χ0n) is 15.4. The van der Waals surface area contributed by atoms with Crippen molar-refractivity contribution in [1.82, 2.24) is 4.98 Å². The van der Waals surface area contributed by atoms with E-state index in [1.165, 1.54) is 0 Å². The van der Waals surface area contributed by atoms with Gasteiger partial charge in [-0.3, -0.25) is 0 Å². The lowest BCUT2D eigenvalue weighted by molar-refractivity contribution is 0.0697. The lowest BCUT2D eigenvalue weighted by Crippen LogP contribution is -1.94. The number of carbonyl (C=O) groups is 1. The first-order chi connectivity index (χ1) is 14.2. The number of hydrogen-bond acceptors (Lipinski definition) is 2. The molecule has 4 nitrogen and oxygen atoms in total. The highest BCUT2D eigenvalue weighted by Gasteiger charge is 2.10. The highest BCUT2D eigenvalue weighted by atomic mass is 16.4. The third-order valence-corrected chi connectivity index (χ3v) is 5.11. The second-order valence-corrected chi connectivity index (χ2v) is 6.89. The SMILES string of the molecule is O=C(O)c1ccc(-c2ccc(-c3ccc4cccc(-c5ccco5)c4c3)[nH]2)cc1. The zero-order chi connectivity index (χ0) is 19.8. The van der Waals surface area contributed by atoms with Crippen molar-refractivity contribution < 1.29 is 14.3 Å². The molecule has 4 heteroatoms. The fourth-order valence-corrected chi connectivity index (χ4v) is 3.61. The Balaban J connectivity index is 1.55. The molecule has 140 valence electrons. The monoisotopic (exact) mass is 379 g/mol. The summed E-state index contributed by atoms with van der Waals surface area (Å²) < 4.78 is 5.61. The zero-order valence-corrected chi connectivity index (χ0v) is 15.4. The van der Waals surface area contributed by atoms with Crippen LogP contribution in [0.4, 0.5) is 0 Å². The number of aromatic nitrogens is 1. The van der Waals surface area contributed by atoms with Gasteiger partial charge >= 0.3 is 5.97 Å². The fourth-order valence-electron chi connectivity index (χ4n) is 3.61. The number of aromatic amines is 1. The predicted molar refractivity (Wildman–Crippen MR) is 114 cm³/mol. The van der Waals surface area contributed by atoms with E-state index >= 15 is 0 Å². The summed E-state index contributed by atoms with van der Waals surface area (Å²) in [6, 6.07) is 27.3. The van der Waals surface area contributed by atoms with Crippen molar-refractivity contribution in [3.05, 3.63) is 96.8 Å². The third kappa shape index (κ3) is 3.11. The summed E-state index contributed by atoms with van der Waals surface area (Å²) in [6.07, 6.45) is 1.69. The molecule has 0 spiro atoms. The molecule has 3 aromatic carbocycles. The molecule has 2 heterocycles. The van der Waals surface area contributed by atoms with Crippen LogP contribution in [-0.4, -0.2) is 16.1 Å². The van der Waals surface area contributed by atoms with Crippen molar-refractivity contribution in [3.63, 3.8) is 0 Å². The molecule has 0 aliphatic heterocycles. The number of hydrogen-bond donors (Lipinski definition) is 2. The van der Waals surface area contributed by atoms with Crippen LogP contribution in [0.3, 0.4) is 0 Å². The van der Waals surface area contributed by atoms with Gasteiger partial charge in [-0.25, -0.2) is 4.79 Å². The molecule has 0 aliphatic carbocycles. The second-order valence-electron chi connectivity index (χ2n) is 6.89. The van der Waals surface area contributed by atoms with E-state index < -0.39 is 5.97 Å². The lowest BCUT2D eigenvalue weighted by Gasteiger charge is -2.07. The molecule has 5 rings (SSSR count). The molecule has 0 bridgehead atoms. The van der Waals surface area contributed by atoms with Crippen molar-refractivity contribution in [2.45, 2.75) is 0 Å². The Morgan fingerprint density at radius 3 is 2.28 bits per heavy atom. The van der Waals surface area contributed by atoms with E-state index in [1.54, 1.807) is 18.4 Å². The second kappa shape index (κ2) is 6.84. The molecule has 2 N–H and O–H groups in total. The molecular formula is C25H17NO3. The molecule has 0 unspecified atom stereocenters. The van der Waals surface area contributed by atoms with E-state index in [-0.39, 0.29) is 5.56 Å². The molecule has 0 saturated carbocycles. The van der Waals surface area contributed by atoms with Crippen LogP contribution < -0.4 is 0 Å². The van der Waals surface area contributed by atoms with Gasteiger partial charge < -0.3 is 14.5 Å². The van der Waals surface area contributed by atoms with E-state index in [4.69, 9.17) is 9.52 Å². The van der Waals surface area contributed by atoms with Crippen LogP contribution in [0.25, 0.3) is 44.6 Å². The van der Waals surface area contributed by atoms with Crippen LogP contribution in [-0.2, 0) is 0 Å². The van der Waals surface area contributed by atoms with E-state index in [1.807, 2.05) is 42.5 Å². The minimum Gasteiger partial charge on any atom is -0.478 e. The Morgan fingerprint density at radius 1 is 0.793 bits per heavy atom. The quantitative estimate of drug-likeness (QED) is 0.376. The van der Waals surface area contributed by atoms with Gasteiger partial charge in [-0.1, -0.05) is 42.5 Å². The van der Waals surface area contributed by atoms with Gasteiger partial charge in [0.05, 0.1) is 11.8 Å². The molecular weight excluding hydrogens is 362 g/mol. The Bertz CT molecular complexity index is 1310. The van der Waals surface area contributed by atoms with Crippen molar-refractivity contribution in [2.24, 2.45) is 0 Å². The van der Waals surface area contributed by atoms with Gasteiger partial charge in [0.2, 0.25) is 0 Å². The van der Waals surface area contributed by atoms with E-state index in [2.05, 4.69) is 35.3 Å². The van der Waals surface area contributed by atoms with Crippen LogP contribution in [0.5, 0.6) is 0 Å². The Hall–Kier alpha value is -4.05. The number of rotatable bonds is 4. The number of nitrogens with one attached hydrogen (secondary N) is 1. The minimum atomic E-state index is -0.924. The maximum atomic E-state index is 11.0. The molecule has 0 amide bonds. The van der Waals surface area contributed by atoms with Crippen LogP contribution in [0, 0.1) is 0 Å². The van der Waals surface area contributed by atoms with E-state index in [9.17, 15) is 4.79 Å². The molecule has 0 atom stereocenters. The standard InChI is InChI=1S/C25H17NO3/c27-25(28)18-9-7-17(8-10-18)22-12-13-23(26-22)19-11-6-16-3-1-4-20(21(16)15-19)24-5-2-14-29-24/h1-15,26H,(H,27,28). The molecule has 29 heavy (non-hydrogen) atoms. The first-order valence-corrected chi connectivity index (χ1v) is 9.29. The summed E-state index contributed by atoms with van der Waals surface area (Å²) in [7, 11) is 0. The van der Waals surface area contributed by atoms with E-state index in [0.29, 0.717) is 0 Å². The minimum absolute atomic E-state index is 0.278. The molecule has 0 aliphatic rings. The predicted octanol–water partition coefficient (Wildman–Crippen LogP) is 6.46. The average Bonchev–Trinajstić information content (AvgIpc) is 3.45. The molecule has 5 aromatic rings. The van der Waals surface area contributed by atoms with Crippen LogP contribution in [0.15, 0.2) is 95.6 Å². The normalized spacial score (nSPS) is 11.0. The lowest BCUT2D eigenvalue weighted by atomic mass is 9.99. The van der Waals surface area contributed by atoms with Gasteiger partial charge in [0, 0.05) is 17.0 Å². The van der Waals surface area contributed by atoms with Crippen molar-refractivity contribution in [3.8, 4) is 33.8 Å². The van der Waals surface area contributed by atoms with Crippen molar-refractivity contribution >= 4 is 16.7 Å². The Morgan fingerprint density at radius 2 is 1.55 bits per heavy atom.